The molecule has 102 valence electrons. The third-order valence-electron chi connectivity index (χ3n) is 3.40. The van der Waals surface area contributed by atoms with Crippen LogP contribution >= 0.6 is 0 Å². The fourth-order valence-corrected chi connectivity index (χ4v) is 2.01. The van der Waals surface area contributed by atoms with E-state index in [0.29, 0.717) is 6.42 Å². The molecule has 0 saturated carbocycles. The van der Waals surface area contributed by atoms with E-state index in [4.69, 9.17) is 5.26 Å². The first kappa shape index (κ1) is 13.9. The third-order valence-corrected chi connectivity index (χ3v) is 3.40. The Morgan fingerprint density at radius 1 is 1.30 bits per heavy atom. The second-order valence-electron chi connectivity index (χ2n) is 4.78. The van der Waals surface area contributed by atoms with E-state index in [2.05, 4.69) is 11.4 Å². The van der Waals surface area contributed by atoms with E-state index in [0.717, 1.165) is 16.5 Å². The van der Waals surface area contributed by atoms with Crippen LogP contribution < -0.4 is 5.32 Å². The van der Waals surface area contributed by atoms with Gasteiger partial charge in [0.05, 0.1) is 18.2 Å². The van der Waals surface area contributed by atoms with E-state index < -0.39 is 0 Å². The van der Waals surface area contributed by atoms with E-state index in [1.807, 2.05) is 49.4 Å². The summed E-state index contributed by atoms with van der Waals surface area (Å²) in [5.74, 6) is 0. The lowest BCUT2D eigenvalue weighted by molar-refractivity contribution is 0.208. The molecule has 2 aromatic rings. The van der Waals surface area contributed by atoms with Gasteiger partial charge in [-0.3, -0.25) is 0 Å². The van der Waals surface area contributed by atoms with Crippen LogP contribution in [0.5, 0.6) is 0 Å². The number of nitrogens with zero attached hydrogens (tertiary/aromatic N) is 2. The summed E-state index contributed by atoms with van der Waals surface area (Å²) >= 11 is 0. The van der Waals surface area contributed by atoms with Gasteiger partial charge in [0.25, 0.3) is 0 Å². The van der Waals surface area contributed by atoms with Gasteiger partial charge in [-0.15, -0.1) is 0 Å². The smallest absolute Gasteiger partial charge is 0.321 e. The van der Waals surface area contributed by atoms with Gasteiger partial charge in [0.2, 0.25) is 0 Å². The highest BCUT2D eigenvalue weighted by molar-refractivity contribution is 6.01. The molecule has 0 spiro atoms. The van der Waals surface area contributed by atoms with Gasteiger partial charge in [0.1, 0.15) is 0 Å². The number of carbonyl (C=O) groups excluding carboxylic acids is 1. The average Bonchev–Trinajstić information content (AvgIpc) is 2.47. The normalized spacial score (nSPS) is 11.7. The van der Waals surface area contributed by atoms with E-state index in [-0.39, 0.29) is 12.1 Å². The lowest BCUT2D eigenvalue weighted by Crippen LogP contribution is -2.38. The van der Waals surface area contributed by atoms with Crippen molar-refractivity contribution >= 4 is 22.5 Å². The molecule has 0 heterocycles. The van der Waals surface area contributed by atoms with Crippen molar-refractivity contribution in [3.63, 3.8) is 0 Å². The minimum Gasteiger partial charge on any atom is -0.324 e. The molecule has 0 aliphatic carbocycles. The second-order valence-corrected chi connectivity index (χ2v) is 4.78. The fraction of sp³-hybridized carbons (Fsp3) is 0.250. The number of benzene rings is 2. The van der Waals surface area contributed by atoms with Gasteiger partial charge >= 0.3 is 6.03 Å². The molecule has 2 amide bonds. The fourth-order valence-electron chi connectivity index (χ4n) is 2.01. The lowest BCUT2D eigenvalue weighted by Gasteiger charge is -2.23. The molecule has 1 atom stereocenters. The van der Waals surface area contributed by atoms with Gasteiger partial charge in [0.15, 0.2) is 0 Å². The summed E-state index contributed by atoms with van der Waals surface area (Å²) in [5.41, 5.74) is 0.782. The third kappa shape index (κ3) is 2.89. The molecular weight excluding hydrogens is 250 g/mol. The Kier molecular flexibility index (Phi) is 4.21. The molecule has 2 aromatic carbocycles. The largest absolute Gasteiger partial charge is 0.324 e. The monoisotopic (exact) mass is 267 g/mol. The highest BCUT2D eigenvalue weighted by atomic mass is 16.2. The Balaban J connectivity index is 2.20. The Bertz CT molecular complexity index is 655. The first-order valence-electron chi connectivity index (χ1n) is 6.52. The van der Waals surface area contributed by atoms with Crippen LogP contribution in [0, 0.1) is 11.3 Å². The predicted molar refractivity (Wildman–Crippen MR) is 80.4 cm³/mol. The summed E-state index contributed by atoms with van der Waals surface area (Å²) in [6.07, 6.45) is 0.319. The molecule has 4 nitrogen and oxygen atoms in total. The Morgan fingerprint density at radius 3 is 2.75 bits per heavy atom. The molecule has 0 aromatic heterocycles. The molecule has 0 bridgehead atoms. The minimum absolute atomic E-state index is 0.116. The summed E-state index contributed by atoms with van der Waals surface area (Å²) in [6, 6.07) is 15.4. The Labute approximate surface area is 118 Å². The molecule has 0 aliphatic heterocycles. The van der Waals surface area contributed by atoms with E-state index in [1.54, 1.807) is 11.9 Å². The summed E-state index contributed by atoms with van der Waals surface area (Å²) in [7, 11) is 1.70. The van der Waals surface area contributed by atoms with Crippen LogP contribution in [-0.4, -0.2) is 24.0 Å². The van der Waals surface area contributed by atoms with Crippen LogP contribution in [-0.2, 0) is 0 Å². The lowest BCUT2D eigenvalue weighted by atomic mass is 10.1. The van der Waals surface area contributed by atoms with Crippen molar-refractivity contribution in [1.82, 2.24) is 4.90 Å². The standard InChI is InChI=1S/C16H17N3O/c1-12(10-11-17)19(2)16(20)18-15-9-5-7-13-6-3-4-8-14(13)15/h3-9,12H,10H2,1-2H3,(H,18,20). The average molecular weight is 267 g/mol. The van der Waals surface area contributed by atoms with E-state index in [9.17, 15) is 4.79 Å². The summed E-state index contributed by atoms with van der Waals surface area (Å²) in [5, 5.41) is 13.7. The number of urea groups is 1. The van der Waals surface area contributed by atoms with Crippen molar-refractivity contribution in [1.29, 1.82) is 5.26 Å². The summed E-state index contributed by atoms with van der Waals surface area (Å²) in [6.45, 7) is 1.85. The summed E-state index contributed by atoms with van der Waals surface area (Å²) < 4.78 is 0. The van der Waals surface area contributed by atoms with Crippen molar-refractivity contribution in [2.45, 2.75) is 19.4 Å². The molecule has 4 heteroatoms. The van der Waals surface area contributed by atoms with Crippen LogP contribution in [0.4, 0.5) is 10.5 Å². The molecule has 0 aliphatic rings. The molecular formula is C16H17N3O. The van der Waals surface area contributed by atoms with Gasteiger partial charge in [-0.25, -0.2) is 4.79 Å². The zero-order chi connectivity index (χ0) is 14.5. The number of carbonyl (C=O) groups is 1. The van der Waals surface area contributed by atoms with Crippen molar-refractivity contribution in [2.75, 3.05) is 12.4 Å². The first-order chi connectivity index (χ1) is 9.63. The molecule has 1 N–H and O–H groups in total. The maximum absolute atomic E-state index is 12.2. The molecule has 0 saturated heterocycles. The molecule has 2 rings (SSSR count). The molecule has 0 fully saturated rings. The molecule has 1 unspecified atom stereocenters. The van der Waals surface area contributed by atoms with Gasteiger partial charge in [-0.2, -0.15) is 5.26 Å². The van der Waals surface area contributed by atoms with Gasteiger partial charge in [-0.1, -0.05) is 36.4 Å². The van der Waals surface area contributed by atoms with Gasteiger partial charge in [-0.05, 0) is 18.4 Å². The van der Waals surface area contributed by atoms with E-state index in [1.165, 1.54) is 0 Å². The van der Waals surface area contributed by atoms with Crippen LogP contribution in [0.1, 0.15) is 13.3 Å². The van der Waals surface area contributed by atoms with Gasteiger partial charge in [0, 0.05) is 18.5 Å². The number of rotatable bonds is 3. The summed E-state index contributed by atoms with van der Waals surface area (Å²) in [4.78, 5) is 13.7. The SMILES string of the molecule is CC(CC#N)N(C)C(=O)Nc1cccc2ccccc12. The zero-order valence-corrected chi connectivity index (χ0v) is 11.6. The maximum Gasteiger partial charge on any atom is 0.321 e. The number of hydrogen-bond acceptors (Lipinski definition) is 2. The number of fused-ring (bicyclic) bond motifs is 1. The first-order valence-corrected chi connectivity index (χ1v) is 6.52. The number of hydrogen-bond donors (Lipinski definition) is 1. The number of anilines is 1. The number of amides is 2. The minimum atomic E-state index is -0.205. The van der Waals surface area contributed by atoms with E-state index >= 15 is 0 Å². The number of nitrogens with one attached hydrogen (secondary N) is 1. The molecule has 20 heavy (non-hydrogen) atoms. The van der Waals surface area contributed by atoms with Crippen LogP contribution in [0.15, 0.2) is 42.5 Å². The highest BCUT2D eigenvalue weighted by Crippen LogP contribution is 2.23. The Morgan fingerprint density at radius 2 is 2.00 bits per heavy atom. The quantitative estimate of drug-likeness (QED) is 0.923. The van der Waals surface area contributed by atoms with Crippen LogP contribution in [0.3, 0.4) is 0 Å². The highest BCUT2D eigenvalue weighted by Gasteiger charge is 2.16. The van der Waals surface area contributed by atoms with Crippen molar-refractivity contribution in [3.05, 3.63) is 42.5 Å². The second kappa shape index (κ2) is 6.07. The maximum atomic E-state index is 12.2. The van der Waals surface area contributed by atoms with Gasteiger partial charge < -0.3 is 10.2 Å². The van der Waals surface area contributed by atoms with Crippen LogP contribution in [0.2, 0.25) is 0 Å². The van der Waals surface area contributed by atoms with Crippen LogP contribution in [0.25, 0.3) is 10.8 Å². The van der Waals surface area contributed by atoms with Crippen molar-refractivity contribution in [2.24, 2.45) is 0 Å². The predicted octanol–water partition coefficient (Wildman–Crippen LogP) is 3.61. The van der Waals surface area contributed by atoms with Crippen molar-refractivity contribution < 1.29 is 4.79 Å². The van der Waals surface area contributed by atoms with Crippen molar-refractivity contribution in [3.8, 4) is 6.07 Å². The Hall–Kier alpha value is -2.54. The number of nitriles is 1. The molecule has 0 radical (unpaired) electrons. The topological polar surface area (TPSA) is 56.1 Å². The zero-order valence-electron chi connectivity index (χ0n) is 11.6.